The van der Waals surface area contributed by atoms with Crippen molar-refractivity contribution in [3.8, 4) is 28.7 Å². The van der Waals surface area contributed by atoms with Gasteiger partial charge in [-0.1, -0.05) is 22.0 Å². The highest BCUT2D eigenvalue weighted by Crippen LogP contribution is 2.40. The lowest BCUT2D eigenvalue weighted by Gasteiger charge is -2.15. The van der Waals surface area contributed by atoms with Crippen molar-refractivity contribution >= 4 is 27.5 Å². The largest absolute Gasteiger partial charge is 0.493 e. The number of methoxy groups -OCH3 is 3. The van der Waals surface area contributed by atoms with Gasteiger partial charge in [-0.2, -0.15) is 0 Å². The Morgan fingerprint density at radius 1 is 0.800 bits per heavy atom. The molecule has 0 atom stereocenters. The molecule has 0 spiro atoms. The molecular weight excluding hydrogens is 450 g/mol. The second-order valence-electron chi connectivity index (χ2n) is 6.30. The molecule has 30 heavy (non-hydrogen) atoms. The van der Waals surface area contributed by atoms with E-state index in [4.69, 9.17) is 18.9 Å². The Balaban J connectivity index is 1.66. The van der Waals surface area contributed by atoms with E-state index in [1.54, 1.807) is 43.5 Å². The predicted octanol–water partition coefficient (Wildman–Crippen LogP) is 5.45. The molecule has 156 valence electrons. The van der Waals surface area contributed by atoms with Crippen LogP contribution in [0.4, 0.5) is 5.69 Å². The van der Waals surface area contributed by atoms with Gasteiger partial charge in [0.15, 0.2) is 11.5 Å². The summed E-state index contributed by atoms with van der Waals surface area (Å²) in [7, 11) is 4.61. The van der Waals surface area contributed by atoms with Crippen LogP contribution in [0.15, 0.2) is 65.1 Å². The van der Waals surface area contributed by atoms with Crippen LogP contribution in [0.5, 0.6) is 28.7 Å². The quantitative estimate of drug-likeness (QED) is 0.473. The summed E-state index contributed by atoms with van der Waals surface area (Å²) in [4.78, 5) is 12.5. The van der Waals surface area contributed by atoms with Crippen LogP contribution in [0.1, 0.15) is 5.56 Å². The predicted molar refractivity (Wildman–Crippen MR) is 119 cm³/mol. The van der Waals surface area contributed by atoms with Gasteiger partial charge in [0.2, 0.25) is 11.7 Å². The maximum Gasteiger partial charge on any atom is 0.228 e. The number of ether oxygens (including phenoxy) is 4. The van der Waals surface area contributed by atoms with Crippen LogP contribution in [0, 0.1) is 0 Å². The molecule has 0 aliphatic heterocycles. The van der Waals surface area contributed by atoms with Crippen molar-refractivity contribution in [1.82, 2.24) is 0 Å². The molecule has 0 saturated heterocycles. The van der Waals surface area contributed by atoms with Crippen molar-refractivity contribution in [2.24, 2.45) is 0 Å². The first-order valence-corrected chi connectivity index (χ1v) is 9.94. The molecule has 0 bridgehead atoms. The Bertz CT molecular complexity index is 1000. The van der Waals surface area contributed by atoms with Crippen LogP contribution < -0.4 is 24.3 Å². The maximum absolute atomic E-state index is 12.5. The summed E-state index contributed by atoms with van der Waals surface area (Å²) >= 11 is 3.39. The Morgan fingerprint density at radius 3 is 1.97 bits per heavy atom. The van der Waals surface area contributed by atoms with Crippen LogP contribution in [0.3, 0.4) is 0 Å². The molecule has 0 radical (unpaired) electrons. The van der Waals surface area contributed by atoms with Crippen molar-refractivity contribution in [3.63, 3.8) is 0 Å². The van der Waals surface area contributed by atoms with E-state index in [0.717, 1.165) is 10.2 Å². The first-order valence-electron chi connectivity index (χ1n) is 9.15. The number of hydrogen-bond donors (Lipinski definition) is 1. The normalized spacial score (nSPS) is 10.3. The fourth-order valence-corrected chi connectivity index (χ4v) is 3.19. The maximum atomic E-state index is 12.5. The van der Waals surface area contributed by atoms with Crippen molar-refractivity contribution in [1.29, 1.82) is 0 Å². The van der Waals surface area contributed by atoms with Gasteiger partial charge < -0.3 is 24.3 Å². The minimum Gasteiger partial charge on any atom is -0.493 e. The zero-order valence-corrected chi connectivity index (χ0v) is 18.5. The molecule has 3 rings (SSSR count). The summed E-state index contributed by atoms with van der Waals surface area (Å²) in [5.41, 5.74) is 1.37. The number of rotatable bonds is 8. The zero-order valence-electron chi connectivity index (χ0n) is 16.9. The van der Waals surface area contributed by atoms with Crippen molar-refractivity contribution in [2.75, 3.05) is 26.6 Å². The number of carbonyl (C=O) groups excluding carboxylic acids is 1. The number of nitrogens with one attached hydrogen (secondary N) is 1. The molecule has 3 aromatic carbocycles. The van der Waals surface area contributed by atoms with Gasteiger partial charge in [0.25, 0.3) is 0 Å². The van der Waals surface area contributed by atoms with Gasteiger partial charge in [0.1, 0.15) is 11.5 Å². The van der Waals surface area contributed by atoms with Gasteiger partial charge >= 0.3 is 0 Å². The second-order valence-corrected chi connectivity index (χ2v) is 7.21. The monoisotopic (exact) mass is 471 g/mol. The summed E-state index contributed by atoms with van der Waals surface area (Å²) in [5.74, 6) is 2.71. The Hall–Kier alpha value is -3.19. The fourth-order valence-electron chi connectivity index (χ4n) is 2.93. The molecule has 7 heteroatoms. The average Bonchev–Trinajstić information content (AvgIpc) is 2.76. The molecule has 1 N–H and O–H groups in total. The third kappa shape index (κ3) is 5.24. The van der Waals surface area contributed by atoms with E-state index in [9.17, 15) is 4.79 Å². The van der Waals surface area contributed by atoms with E-state index >= 15 is 0 Å². The van der Waals surface area contributed by atoms with Gasteiger partial charge in [-0.25, -0.2) is 0 Å². The third-order valence-corrected chi connectivity index (χ3v) is 4.85. The standard InChI is InChI=1S/C23H22BrNO5/c1-27-20-13-4-15(22(28-2)23(20)29-3)14-21(26)25-17-7-11-19(12-8-17)30-18-9-5-16(24)6-10-18/h4-13H,14H2,1-3H3,(H,25,26). The first-order chi connectivity index (χ1) is 14.5. The smallest absolute Gasteiger partial charge is 0.228 e. The van der Waals surface area contributed by atoms with Gasteiger partial charge in [0, 0.05) is 15.7 Å². The molecule has 1 amide bonds. The van der Waals surface area contributed by atoms with E-state index in [1.807, 2.05) is 24.3 Å². The highest BCUT2D eigenvalue weighted by Gasteiger charge is 2.18. The summed E-state index contributed by atoms with van der Waals surface area (Å²) in [5, 5.41) is 2.88. The topological polar surface area (TPSA) is 66.0 Å². The van der Waals surface area contributed by atoms with E-state index in [1.165, 1.54) is 14.2 Å². The van der Waals surface area contributed by atoms with Crippen LogP contribution in [0.25, 0.3) is 0 Å². The van der Waals surface area contributed by atoms with Gasteiger partial charge in [-0.3, -0.25) is 4.79 Å². The zero-order chi connectivity index (χ0) is 21.5. The van der Waals surface area contributed by atoms with E-state index in [2.05, 4.69) is 21.2 Å². The van der Waals surface area contributed by atoms with Crippen LogP contribution in [-0.4, -0.2) is 27.2 Å². The molecular formula is C23H22BrNO5. The lowest BCUT2D eigenvalue weighted by molar-refractivity contribution is -0.115. The van der Waals surface area contributed by atoms with Crippen molar-refractivity contribution in [2.45, 2.75) is 6.42 Å². The van der Waals surface area contributed by atoms with Gasteiger partial charge in [0.05, 0.1) is 27.8 Å². The van der Waals surface area contributed by atoms with Crippen molar-refractivity contribution < 1.29 is 23.7 Å². The highest BCUT2D eigenvalue weighted by molar-refractivity contribution is 9.10. The third-order valence-electron chi connectivity index (χ3n) is 4.32. The molecule has 0 aromatic heterocycles. The molecule has 0 aliphatic rings. The van der Waals surface area contributed by atoms with Crippen LogP contribution >= 0.6 is 15.9 Å². The van der Waals surface area contributed by atoms with Crippen LogP contribution in [-0.2, 0) is 11.2 Å². The SMILES string of the molecule is COc1ccc(CC(=O)Nc2ccc(Oc3ccc(Br)cc3)cc2)c(OC)c1OC. The van der Waals surface area contributed by atoms with E-state index in [-0.39, 0.29) is 12.3 Å². The number of benzene rings is 3. The van der Waals surface area contributed by atoms with Crippen LogP contribution in [0.2, 0.25) is 0 Å². The number of anilines is 1. The molecule has 0 aliphatic carbocycles. The lowest BCUT2D eigenvalue weighted by atomic mass is 10.1. The second kappa shape index (κ2) is 10.0. The molecule has 3 aromatic rings. The Morgan fingerprint density at radius 2 is 1.40 bits per heavy atom. The lowest BCUT2D eigenvalue weighted by Crippen LogP contribution is -2.15. The summed E-state index contributed by atoms with van der Waals surface area (Å²) in [6.45, 7) is 0. The number of amides is 1. The first kappa shape index (κ1) is 21.5. The summed E-state index contributed by atoms with van der Waals surface area (Å²) < 4.78 is 22.9. The molecule has 0 fully saturated rings. The number of halogens is 1. The van der Waals surface area contributed by atoms with Gasteiger partial charge in [-0.15, -0.1) is 0 Å². The Kier molecular flexibility index (Phi) is 7.19. The molecule has 0 unspecified atom stereocenters. The van der Waals surface area contributed by atoms with E-state index in [0.29, 0.717) is 34.2 Å². The highest BCUT2D eigenvalue weighted by atomic mass is 79.9. The molecule has 0 saturated carbocycles. The number of carbonyl (C=O) groups is 1. The minimum absolute atomic E-state index is 0.126. The molecule has 6 nitrogen and oxygen atoms in total. The Labute approximate surface area is 183 Å². The van der Waals surface area contributed by atoms with Gasteiger partial charge in [-0.05, 0) is 54.6 Å². The average molecular weight is 472 g/mol. The molecule has 0 heterocycles. The summed E-state index contributed by atoms with van der Waals surface area (Å²) in [6, 6.07) is 18.3. The fraction of sp³-hybridized carbons (Fsp3) is 0.174. The minimum atomic E-state index is -0.179. The van der Waals surface area contributed by atoms with Crippen molar-refractivity contribution in [3.05, 3.63) is 70.7 Å². The number of hydrogen-bond acceptors (Lipinski definition) is 5. The summed E-state index contributed by atoms with van der Waals surface area (Å²) in [6.07, 6.45) is 0.126. The van der Waals surface area contributed by atoms with E-state index < -0.39 is 0 Å².